The van der Waals surface area contributed by atoms with Crippen LogP contribution in [0.25, 0.3) is 28.3 Å². The molecule has 1 aliphatic carbocycles. The number of imidazole rings is 1. The number of hydrogen-bond donors (Lipinski definition) is 2. The Bertz CT molecular complexity index is 1710. The van der Waals surface area contributed by atoms with E-state index in [0.717, 1.165) is 79.0 Å². The summed E-state index contributed by atoms with van der Waals surface area (Å²) >= 11 is 0. The second-order valence-corrected chi connectivity index (χ2v) is 12.6. The lowest BCUT2D eigenvalue weighted by Crippen LogP contribution is -2.52. The van der Waals surface area contributed by atoms with Gasteiger partial charge in [-0.3, -0.25) is 9.36 Å². The van der Waals surface area contributed by atoms with Crippen molar-refractivity contribution in [2.45, 2.75) is 64.0 Å². The van der Waals surface area contributed by atoms with Gasteiger partial charge >= 0.3 is 6.09 Å². The molecule has 0 atom stereocenters. The van der Waals surface area contributed by atoms with Crippen LogP contribution < -0.4 is 10.6 Å². The number of amides is 2. The van der Waals surface area contributed by atoms with E-state index < -0.39 is 17.2 Å². The first-order valence-electron chi connectivity index (χ1n) is 15.1. The molecule has 2 amide bonds. The van der Waals surface area contributed by atoms with Crippen LogP contribution in [0.5, 0.6) is 0 Å². The monoisotopic (exact) mass is 576 g/mol. The molecule has 2 aliphatic heterocycles. The molecule has 2 N–H and O–H groups in total. The van der Waals surface area contributed by atoms with Crippen LogP contribution in [0.2, 0.25) is 0 Å². The van der Waals surface area contributed by atoms with E-state index in [4.69, 9.17) is 9.72 Å². The summed E-state index contributed by atoms with van der Waals surface area (Å²) in [6.45, 7) is 7.06. The number of fused-ring (bicyclic) bond motifs is 5. The second-order valence-electron chi connectivity index (χ2n) is 12.6. The summed E-state index contributed by atoms with van der Waals surface area (Å²) < 4.78 is 7.65. The Morgan fingerprint density at radius 1 is 0.953 bits per heavy atom. The van der Waals surface area contributed by atoms with Crippen LogP contribution in [0.1, 0.15) is 68.9 Å². The normalized spacial score (nSPS) is 16.6. The van der Waals surface area contributed by atoms with E-state index >= 15 is 0 Å². The molecular weight excluding hydrogens is 540 g/mol. The number of carbonyl (C=O) groups excluding carboxylic acids is 2. The Hall–Kier alpha value is -4.66. The van der Waals surface area contributed by atoms with E-state index in [1.54, 1.807) is 6.20 Å². The third-order valence-corrected chi connectivity index (χ3v) is 8.58. The molecule has 0 radical (unpaired) electrons. The van der Waals surface area contributed by atoms with Gasteiger partial charge in [0.25, 0.3) is 5.91 Å². The number of para-hydroxylation sites is 1. The fourth-order valence-electron chi connectivity index (χ4n) is 6.37. The van der Waals surface area contributed by atoms with Crippen molar-refractivity contribution < 1.29 is 14.3 Å². The van der Waals surface area contributed by atoms with Gasteiger partial charge < -0.3 is 20.3 Å². The zero-order chi connectivity index (χ0) is 29.8. The van der Waals surface area contributed by atoms with E-state index in [1.165, 1.54) is 0 Å². The molecule has 9 nitrogen and oxygen atoms in total. The number of benzene rings is 2. The summed E-state index contributed by atoms with van der Waals surface area (Å²) in [5.74, 6) is 1.33. The molecule has 2 aromatic carbocycles. The van der Waals surface area contributed by atoms with Crippen molar-refractivity contribution >= 4 is 23.5 Å². The van der Waals surface area contributed by atoms with E-state index in [1.807, 2.05) is 74.2 Å². The predicted molar refractivity (Wildman–Crippen MR) is 166 cm³/mol. The maximum Gasteiger partial charge on any atom is 0.408 e. The van der Waals surface area contributed by atoms with Gasteiger partial charge in [-0.2, -0.15) is 0 Å². The van der Waals surface area contributed by atoms with Gasteiger partial charge in [-0.25, -0.2) is 14.8 Å². The smallest absolute Gasteiger partial charge is 0.408 e. The SMILES string of the molecule is CC(C)(C)OC(=O)NC1(c2ccc(-c3c(C(=O)N4CCCC4)nc4n3-c3cccnc3Nc3ccccc3-4)cc2)CCC1. The number of likely N-dealkylation sites (tertiary alicyclic amines) is 1. The quantitative estimate of drug-likeness (QED) is 0.244. The molecule has 43 heavy (non-hydrogen) atoms. The van der Waals surface area contributed by atoms with Crippen molar-refractivity contribution in [1.82, 2.24) is 24.8 Å². The lowest BCUT2D eigenvalue weighted by molar-refractivity contribution is 0.0377. The molecular formula is C34H36N6O3. The predicted octanol–water partition coefficient (Wildman–Crippen LogP) is 6.80. The number of pyridine rings is 1. The van der Waals surface area contributed by atoms with Crippen LogP contribution in [0.15, 0.2) is 66.9 Å². The van der Waals surface area contributed by atoms with Crippen LogP contribution in [0.4, 0.5) is 16.3 Å². The van der Waals surface area contributed by atoms with Crippen molar-refractivity contribution in [2.75, 3.05) is 18.4 Å². The molecule has 1 saturated carbocycles. The molecule has 4 aromatic rings. The lowest BCUT2D eigenvalue weighted by atomic mass is 9.71. The number of ether oxygens (including phenoxy) is 1. The first-order valence-corrected chi connectivity index (χ1v) is 15.1. The zero-order valence-corrected chi connectivity index (χ0v) is 24.8. The number of anilines is 2. The highest BCUT2D eigenvalue weighted by Crippen LogP contribution is 2.44. The van der Waals surface area contributed by atoms with Gasteiger partial charge in [0.15, 0.2) is 11.5 Å². The van der Waals surface area contributed by atoms with Crippen molar-refractivity contribution in [1.29, 1.82) is 0 Å². The Balaban J connectivity index is 1.36. The summed E-state index contributed by atoms with van der Waals surface area (Å²) in [6.07, 6.45) is 6.05. The number of alkyl carbamates (subject to hydrolysis) is 1. The Morgan fingerprint density at radius 2 is 1.70 bits per heavy atom. The van der Waals surface area contributed by atoms with E-state index in [-0.39, 0.29) is 5.91 Å². The van der Waals surface area contributed by atoms with E-state index in [2.05, 4.69) is 32.3 Å². The number of nitrogens with one attached hydrogen (secondary N) is 2. The topological polar surface area (TPSA) is 101 Å². The third-order valence-electron chi connectivity index (χ3n) is 8.58. The first kappa shape index (κ1) is 27.2. The van der Waals surface area contributed by atoms with Crippen molar-refractivity contribution in [2.24, 2.45) is 0 Å². The molecule has 9 heteroatoms. The average Bonchev–Trinajstić information content (AvgIpc) is 3.61. The standard InChI is InChI=1S/C34H36N6O3/c1-33(2,3)43-32(42)38-34(17-9-18-34)23-15-13-22(14-16-23)28-27(31(41)39-20-6-7-21-39)37-30-24-10-4-5-11-25(24)36-29-26(40(28)30)12-8-19-35-29/h4-5,8,10-16,19H,6-7,9,17-18,20-21H2,1-3H3,(H,35,36)(H,38,42). The molecule has 3 aliphatic rings. The highest BCUT2D eigenvalue weighted by molar-refractivity contribution is 6.01. The molecule has 0 bridgehead atoms. The molecule has 0 spiro atoms. The minimum atomic E-state index is -0.574. The average molecular weight is 577 g/mol. The van der Waals surface area contributed by atoms with Crippen LogP contribution >= 0.6 is 0 Å². The highest BCUT2D eigenvalue weighted by Gasteiger charge is 2.41. The summed E-state index contributed by atoms with van der Waals surface area (Å²) in [5.41, 5.74) is 4.61. The summed E-state index contributed by atoms with van der Waals surface area (Å²) in [4.78, 5) is 38.4. The second kappa shape index (κ2) is 10.3. The van der Waals surface area contributed by atoms with E-state index in [0.29, 0.717) is 17.3 Å². The largest absolute Gasteiger partial charge is 0.444 e. The molecule has 7 rings (SSSR count). The maximum absolute atomic E-state index is 14.0. The molecule has 220 valence electrons. The minimum Gasteiger partial charge on any atom is -0.444 e. The van der Waals surface area contributed by atoms with Crippen LogP contribution in [-0.2, 0) is 10.3 Å². The molecule has 2 fully saturated rings. The highest BCUT2D eigenvalue weighted by atomic mass is 16.6. The number of rotatable bonds is 4. The zero-order valence-electron chi connectivity index (χ0n) is 24.8. The van der Waals surface area contributed by atoms with Gasteiger partial charge in [-0.15, -0.1) is 0 Å². The summed E-state index contributed by atoms with van der Waals surface area (Å²) in [7, 11) is 0. The van der Waals surface area contributed by atoms with Crippen molar-refractivity contribution in [3.05, 3.63) is 78.1 Å². The van der Waals surface area contributed by atoms with Gasteiger partial charge in [-0.05, 0) is 82.7 Å². The van der Waals surface area contributed by atoms with Crippen LogP contribution in [0.3, 0.4) is 0 Å². The lowest BCUT2D eigenvalue weighted by Gasteiger charge is -2.43. The molecule has 1 saturated heterocycles. The number of hydrogen-bond acceptors (Lipinski definition) is 6. The fraction of sp³-hybridized carbons (Fsp3) is 0.353. The first-order chi connectivity index (χ1) is 20.7. The van der Waals surface area contributed by atoms with Crippen molar-refractivity contribution in [3.63, 3.8) is 0 Å². The van der Waals surface area contributed by atoms with Crippen LogP contribution in [0, 0.1) is 0 Å². The van der Waals surface area contributed by atoms with Gasteiger partial charge in [0.1, 0.15) is 11.4 Å². The number of carbonyl (C=O) groups is 2. The minimum absolute atomic E-state index is 0.0601. The number of nitrogens with zero attached hydrogens (tertiary/aromatic N) is 4. The van der Waals surface area contributed by atoms with E-state index in [9.17, 15) is 9.59 Å². The Labute approximate surface area is 251 Å². The van der Waals surface area contributed by atoms with Crippen LogP contribution in [-0.4, -0.2) is 50.1 Å². The Kier molecular flexibility index (Phi) is 6.49. The fourth-order valence-corrected chi connectivity index (χ4v) is 6.37. The maximum atomic E-state index is 14.0. The van der Waals surface area contributed by atoms with Gasteiger partial charge in [0, 0.05) is 30.4 Å². The molecule has 2 aromatic heterocycles. The van der Waals surface area contributed by atoms with Gasteiger partial charge in [0.2, 0.25) is 0 Å². The van der Waals surface area contributed by atoms with Gasteiger partial charge in [-0.1, -0.05) is 36.4 Å². The van der Waals surface area contributed by atoms with Crippen molar-refractivity contribution in [3.8, 4) is 28.3 Å². The van der Waals surface area contributed by atoms with Gasteiger partial charge in [0.05, 0.1) is 22.6 Å². The summed E-state index contributed by atoms with van der Waals surface area (Å²) in [5, 5.41) is 6.63. The molecule has 0 unspecified atom stereocenters. The number of aromatic nitrogens is 3. The third kappa shape index (κ3) is 4.82. The summed E-state index contributed by atoms with van der Waals surface area (Å²) in [6, 6.07) is 20.1. The Morgan fingerprint density at radius 3 is 2.40 bits per heavy atom. The molecule has 4 heterocycles.